The molecule has 0 aliphatic heterocycles. The fraction of sp³-hybridized carbons (Fsp3) is 0.441. The Hall–Kier alpha value is -3.79. The van der Waals surface area contributed by atoms with E-state index in [4.69, 9.17) is 19.3 Å². The molecule has 0 aliphatic carbocycles. The van der Waals surface area contributed by atoms with Gasteiger partial charge in [0.15, 0.2) is 0 Å². The van der Waals surface area contributed by atoms with E-state index in [1.165, 1.54) is 0 Å². The number of carbonyl (C=O) groups excluding carboxylic acids is 3. The van der Waals surface area contributed by atoms with Crippen LogP contribution in [0, 0.1) is 11.8 Å². The molecule has 9 nitrogen and oxygen atoms in total. The van der Waals surface area contributed by atoms with Crippen LogP contribution in [0.2, 0.25) is 0 Å². The van der Waals surface area contributed by atoms with Crippen molar-refractivity contribution in [2.45, 2.75) is 44.8 Å². The van der Waals surface area contributed by atoms with Crippen LogP contribution in [0.4, 0.5) is 0 Å². The average Bonchev–Trinajstić information content (AvgIpc) is 3.02. The third-order valence-electron chi connectivity index (χ3n) is 6.64. The summed E-state index contributed by atoms with van der Waals surface area (Å²) in [5, 5.41) is 14.4. The number of nitrogens with one attached hydrogen (secondary N) is 2. The van der Waals surface area contributed by atoms with E-state index < -0.39 is 12.0 Å². The summed E-state index contributed by atoms with van der Waals surface area (Å²) >= 11 is 0. The van der Waals surface area contributed by atoms with Crippen LogP contribution in [0.15, 0.2) is 86.0 Å². The van der Waals surface area contributed by atoms with Gasteiger partial charge in [-0.3, -0.25) is 14.4 Å². The highest BCUT2D eigenvalue weighted by atomic mass is 16.5. The summed E-state index contributed by atoms with van der Waals surface area (Å²) in [5.41, 5.74) is 2.01. The van der Waals surface area contributed by atoms with Crippen LogP contribution in [0.25, 0.3) is 0 Å². The van der Waals surface area contributed by atoms with Gasteiger partial charge in [-0.05, 0) is 36.8 Å². The van der Waals surface area contributed by atoms with Gasteiger partial charge in [-0.1, -0.05) is 72.8 Å². The number of aliphatic hydroxyl groups is 1. The van der Waals surface area contributed by atoms with Gasteiger partial charge in [0, 0.05) is 13.0 Å². The summed E-state index contributed by atoms with van der Waals surface area (Å²) in [5.74, 6) is -2.03. The molecule has 2 aromatic carbocycles. The van der Waals surface area contributed by atoms with Gasteiger partial charge >= 0.3 is 5.97 Å². The Morgan fingerprint density at radius 3 is 2.21 bits per heavy atom. The Morgan fingerprint density at radius 1 is 0.860 bits per heavy atom. The van der Waals surface area contributed by atoms with Gasteiger partial charge in [-0.15, -0.1) is 13.2 Å². The molecule has 0 aromatic heterocycles. The van der Waals surface area contributed by atoms with Crippen molar-refractivity contribution in [3.05, 3.63) is 97.1 Å². The van der Waals surface area contributed by atoms with Crippen LogP contribution in [0.3, 0.4) is 0 Å². The first kappa shape index (κ1) is 35.4. The number of rotatable bonds is 23. The van der Waals surface area contributed by atoms with E-state index in [-0.39, 0.29) is 69.7 Å². The molecular weight excluding hydrogens is 548 g/mol. The van der Waals surface area contributed by atoms with Crippen molar-refractivity contribution < 1.29 is 33.7 Å². The van der Waals surface area contributed by atoms with Crippen LogP contribution < -0.4 is 10.6 Å². The lowest BCUT2D eigenvalue weighted by atomic mass is 9.95. The van der Waals surface area contributed by atoms with Gasteiger partial charge in [0.2, 0.25) is 11.8 Å². The molecule has 0 fully saturated rings. The van der Waals surface area contributed by atoms with Gasteiger partial charge in [-0.25, -0.2) is 0 Å². The van der Waals surface area contributed by atoms with E-state index in [1.807, 2.05) is 60.7 Å². The summed E-state index contributed by atoms with van der Waals surface area (Å²) in [6.45, 7) is 8.49. The number of ether oxygens (including phenoxy) is 3. The summed E-state index contributed by atoms with van der Waals surface area (Å²) in [4.78, 5) is 39.0. The maximum atomic E-state index is 13.3. The number of esters is 1. The van der Waals surface area contributed by atoms with E-state index in [9.17, 15) is 14.4 Å². The van der Waals surface area contributed by atoms with Gasteiger partial charge < -0.3 is 30.0 Å². The number of benzene rings is 2. The highest BCUT2D eigenvalue weighted by molar-refractivity contribution is 5.86. The molecule has 3 atom stereocenters. The minimum absolute atomic E-state index is 0.0457. The van der Waals surface area contributed by atoms with Gasteiger partial charge in [-0.2, -0.15) is 0 Å². The highest BCUT2D eigenvalue weighted by Gasteiger charge is 2.26. The number of hydrogen-bond acceptors (Lipinski definition) is 7. The van der Waals surface area contributed by atoms with Crippen LogP contribution in [0.1, 0.15) is 36.8 Å². The molecule has 0 saturated carbocycles. The topological polar surface area (TPSA) is 123 Å². The van der Waals surface area contributed by atoms with Gasteiger partial charge in [0.05, 0.1) is 50.9 Å². The first-order chi connectivity index (χ1) is 21.0. The van der Waals surface area contributed by atoms with Crippen molar-refractivity contribution in [2.24, 2.45) is 11.8 Å². The van der Waals surface area contributed by atoms with Crippen LogP contribution in [0.5, 0.6) is 0 Å². The number of allylic oxidation sites excluding steroid dienone is 2. The summed E-state index contributed by atoms with van der Waals surface area (Å²) < 4.78 is 16.8. The minimum atomic E-state index is -0.665. The molecule has 0 unspecified atom stereocenters. The predicted molar refractivity (Wildman–Crippen MR) is 166 cm³/mol. The lowest BCUT2D eigenvalue weighted by Crippen LogP contribution is -2.46. The molecule has 2 aromatic rings. The first-order valence-electron chi connectivity index (χ1n) is 14.8. The number of aliphatic hydroxyl groups excluding tert-OH is 1. The Bertz CT molecular complexity index is 1090. The summed E-state index contributed by atoms with van der Waals surface area (Å²) in [7, 11) is 0. The molecule has 9 heteroatoms. The molecule has 0 bridgehead atoms. The van der Waals surface area contributed by atoms with Crippen molar-refractivity contribution in [3.8, 4) is 0 Å². The smallest absolute Gasteiger partial charge is 0.309 e. The average molecular weight is 595 g/mol. The van der Waals surface area contributed by atoms with Crippen molar-refractivity contribution in [1.29, 1.82) is 0 Å². The van der Waals surface area contributed by atoms with E-state index >= 15 is 0 Å². The molecule has 0 saturated heterocycles. The lowest BCUT2D eigenvalue weighted by molar-refractivity contribution is -0.150. The summed E-state index contributed by atoms with van der Waals surface area (Å²) in [6.07, 6.45) is 5.43. The minimum Gasteiger partial charge on any atom is -0.463 e. The Morgan fingerprint density at radius 2 is 1.56 bits per heavy atom. The zero-order chi connectivity index (χ0) is 31.1. The van der Waals surface area contributed by atoms with Gasteiger partial charge in [0.25, 0.3) is 0 Å². The van der Waals surface area contributed by atoms with Crippen molar-refractivity contribution in [2.75, 3.05) is 39.6 Å². The molecule has 3 N–H and O–H groups in total. The van der Waals surface area contributed by atoms with Crippen molar-refractivity contribution in [3.63, 3.8) is 0 Å². The van der Waals surface area contributed by atoms with Crippen LogP contribution >= 0.6 is 0 Å². The zero-order valence-corrected chi connectivity index (χ0v) is 25.0. The monoisotopic (exact) mass is 594 g/mol. The number of hydrogen-bond donors (Lipinski definition) is 3. The second-order valence-corrected chi connectivity index (χ2v) is 10.2. The maximum Gasteiger partial charge on any atom is 0.309 e. The molecule has 0 aliphatic rings. The van der Waals surface area contributed by atoms with E-state index in [0.29, 0.717) is 32.3 Å². The predicted octanol–water partition coefficient (Wildman–Crippen LogP) is 3.76. The molecule has 234 valence electrons. The van der Waals surface area contributed by atoms with Gasteiger partial charge in [0.1, 0.15) is 6.61 Å². The molecule has 0 radical (unpaired) electrons. The first-order valence-corrected chi connectivity index (χ1v) is 14.8. The second-order valence-electron chi connectivity index (χ2n) is 10.2. The molecule has 2 amide bonds. The molecule has 43 heavy (non-hydrogen) atoms. The Labute approximate surface area is 255 Å². The zero-order valence-electron chi connectivity index (χ0n) is 25.0. The highest BCUT2D eigenvalue weighted by Crippen LogP contribution is 2.17. The third kappa shape index (κ3) is 15.3. The summed E-state index contributed by atoms with van der Waals surface area (Å²) in [6, 6.07) is 18.8. The van der Waals surface area contributed by atoms with E-state index in [2.05, 4.69) is 23.8 Å². The molecular formula is C34H46N2O7. The number of carbonyl (C=O) groups is 3. The second kappa shape index (κ2) is 21.8. The van der Waals surface area contributed by atoms with Crippen LogP contribution in [-0.2, 0) is 41.6 Å². The van der Waals surface area contributed by atoms with Crippen molar-refractivity contribution >= 4 is 17.8 Å². The number of amides is 2. The fourth-order valence-electron chi connectivity index (χ4n) is 4.37. The maximum absolute atomic E-state index is 13.3. The third-order valence-corrected chi connectivity index (χ3v) is 6.64. The largest absolute Gasteiger partial charge is 0.463 e. The normalized spacial score (nSPS) is 12.9. The quantitative estimate of drug-likeness (QED) is 0.102. The molecule has 0 heterocycles. The van der Waals surface area contributed by atoms with E-state index in [0.717, 1.165) is 11.1 Å². The lowest BCUT2D eigenvalue weighted by Gasteiger charge is -2.23. The molecule has 2 rings (SSSR count). The molecule has 0 spiro atoms. The standard InChI is InChI=1S/C34H46N2O7/c1-3-5-17-30(22-27-13-8-6-9-14-27)34(40)43-26-31(25-42-24-28-15-10-7-11-16-28)36-33(39)29(12-4-2)23-32(38)35-18-20-41-21-19-37/h3-4,6-11,13-16,29-31,37H,1-2,5,12,17-26H2,(H,35,38)(H,36,39)/t29-,30+,31-/m0/s1. The van der Waals surface area contributed by atoms with E-state index in [1.54, 1.807) is 12.2 Å². The van der Waals surface area contributed by atoms with Crippen LogP contribution in [-0.4, -0.2) is 68.5 Å². The van der Waals surface area contributed by atoms with Crippen molar-refractivity contribution in [1.82, 2.24) is 10.6 Å². The SMILES string of the molecule is C=CCC[C@H](Cc1ccccc1)C(=O)OC[C@H](COCc1ccccc1)NC(=O)[C@@H](CC=C)CC(=O)NCCOCCO. The Balaban J connectivity index is 2.03. The Kier molecular flexibility index (Phi) is 18.0. The fourth-order valence-corrected chi connectivity index (χ4v) is 4.37.